The predicted molar refractivity (Wildman–Crippen MR) is 68.9 cm³/mol. The molecular weight excluding hydrogens is 198 g/mol. The van der Waals surface area contributed by atoms with Crippen LogP contribution in [0, 0.1) is 5.92 Å². The van der Waals surface area contributed by atoms with E-state index in [0.717, 1.165) is 24.8 Å². The first kappa shape index (κ1) is 13.0. The van der Waals surface area contributed by atoms with Crippen LogP contribution in [-0.2, 0) is 0 Å². The minimum atomic E-state index is 0.569. The van der Waals surface area contributed by atoms with Crippen molar-refractivity contribution in [2.75, 3.05) is 13.2 Å². The Bertz CT molecular complexity index is 271. The number of benzene rings is 1. The molecule has 0 fully saturated rings. The Kier molecular flexibility index (Phi) is 5.94. The van der Waals surface area contributed by atoms with Gasteiger partial charge in [0.1, 0.15) is 12.4 Å². The van der Waals surface area contributed by atoms with Crippen LogP contribution < -0.4 is 10.1 Å². The molecule has 0 heterocycles. The lowest BCUT2D eigenvalue weighted by molar-refractivity contribution is 0.301. The van der Waals surface area contributed by atoms with Gasteiger partial charge in [0.15, 0.2) is 0 Å². The van der Waals surface area contributed by atoms with Crippen LogP contribution in [0.2, 0.25) is 0 Å². The lowest BCUT2D eigenvalue weighted by Crippen LogP contribution is -2.31. The van der Waals surface area contributed by atoms with E-state index in [-0.39, 0.29) is 0 Å². The van der Waals surface area contributed by atoms with Crippen molar-refractivity contribution in [3.63, 3.8) is 0 Å². The van der Waals surface area contributed by atoms with E-state index < -0.39 is 0 Å². The fourth-order valence-electron chi connectivity index (χ4n) is 1.78. The summed E-state index contributed by atoms with van der Waals surface area (Å²) in [6.07, 6.45) is 1.21. The summed E-state index contributed by atoms with van der Waals surface area (Å²) in [7, 11) is 0. The summed E-state index contributed by atoms with van der Waals surface area (Å²) in [6, 6.07) is 10.5. The molecule has 0 amide bonds. The molecule has 1 unspecified atom stereocenters. The SMILES string of the molecule is CC(C)CC(C)NCCOc1ccccc1. The number of hydrogen-bond acceptors (Lipinski definition) is 2. The van der Waals surface area contributed by atoms with Crippen LogP contribution in [0.4, 0.5) is 0 Å². The van der Waals surface area contributed by atoms with Crippen molar-refractivity contribution >= 4 is 0 Å². The molecule has 0 spiro atoms. The summed E-state index contributed by atoms with van der Waals surface area (Å²) < 4.78 is 5.60. The molecule has 0 bridgehead atoms. The highest BCUT2D eigenvalue weighted by molar-refractivity contribution is 5.20. The number of ether oxygens (including phenoxy) is 1. The molecule has 1 rings (SSSR count). The van der Waals surface area contributed by atoms with Gasteiger partial charge in [-0.3, -0.25) is 0 Å². The zero-order valence-corrected chi connectivity index (χ0v) is 10.6. The van der Waals surface area contributed by atoms with Gasteiger partial charge in [-0.1, -0.05) is 32.0 Å². The maximum atomic E-state index is 5.60. The average Bonchev–Trinajstić information content (AvgIpc) is 2.25. The van der Waals surface area contributed by atoms with Crippen LogP contribution in [0.25, 0.3) is 0 Å². The molecule has 0 aliphatic heterocycles. The standard InChI is InChI=1S/C14H23NO/c1-12(2)11-13(3)15-9-10-16-14-7-5-4-6-8-14/h4-8,12-13,15H,9-11H2,1-3H3. The smallest absolute Gasteiger partial charge is 0.119 e. The molecule has 0 saturated carbocycles. The Morgan fingerprint density at radius 3 is 2.44 bits per heavy atom. The van der Waals surface area contributed by atoms with E-state index in [1.165, 1.54) is 6.42 Å². The lowest BCUT2D eigenvalue weighted by Gasteiger charge is -2.16. The largest absolute Gasteiger partial charge is 0.492 e. The van der Waals surface area contributed by atoms with Gasteiger partial charge in [0.25, 0.3) is 0 Å². The molecule has 1 aromatic rings. The minimum absolute atomic E-state index is 0.569. The Morgan fingerprint density at radius 1 is 1.12 bits per heavy atom. The molecule has 2 nitrogen and oxygen atoms in total. The Balaban J connectivity index is 2.08. The average molecular weight is 221 g/mol. The van der Waals surface area contributed by atoms with Gasteiger partial charge in [-0.15, -0.1) is 0 Å². The van der Waals surface area contributed by atoms with Gasteiger partial charge < -0.3 is 10.1 Å². The lowest BCUT2D eigenvalue weighted by atomic mass is 10.1. The van der Waals surface area contributed by atoms with Crippen molar-refractivity contribution in [3.05, 3.63) is 30.3 Å². The van der Waals surface area contributed by atoms with Gasteiger partial charge in [-0.2, -0.15) is 0 Å². The van der Waals surface area contributed by atoms with Crippen LogP contribution in [0.15, 0.2) is 30.3 Å². The molecule has 0 saturated heterocycles. The van der Waals surface area contributed by atoms with Crippen LogP contribution in [0.1, 0.15) is 27.2 Å². The fourth-order valence-corrected chi connectivity index (χ4v) is 1.78. The van der Waals surface area contributed by atoms with Crippen molar-refractivity contribution in [1.82, 2.24) is 5.32 Å². The van der Waals surface area contributed by atoms with E-state index in [1.807, 2.05) is 30.3 Å². The van der Waals surface area contributed by atoms with Crippen LogP contribution >= 0.6 is 0 Å². The summed E-state index contributed by atoms with van der Waals surface area (Å²) in [5.74, 6) is 1.69. The third kappa shape index (κ3) is 5.76. The molecule has 90 valence electrons. The van der Waals surface area contributed by atoms with Crippen LogP contribution in [-0.4, -0.2) is 19.2 Å². The number of rotatable bonds is 7. The highest BCUT2D eigenvalue weighted by Crippen LogP contribution is 2.07. The molecule has 1 N–H and O–H groups in total. The molecule has 0 radical (unpaired) electrons. The number of hydrogen-bond donors (Lipinski definition) is 1. The Labute approximate surface area is 99.0 Å². The first-order valence-electron chi connectivity index (χ1n) is 6.09. The van der Waals surface area contributed by atoms with Gasteiger partial charge in [0, 0.05) is 12.6 Å². The zero-order chi connectivity index (χ0) is 11.8. The normalized spacial score (nSPS) is 12.8. The van der Waals surface area contributed by atoms with Crippen molar-refractivity contribution in [1.29, 1.82) is 0 Å². The Morgan fingerprint density at radius 2 is 1.81 bits per heavy atom. The van der Waals surface area contributed by atoms with Crippen molar-refractivity contribution < 1.29 is 4.74 Å². The minimum Gasteiger partial charge on any atom is -0.492 e. The topological polar surface area (TPSA) is 21.3 Å². The molecule has 0 aromatic heterocycles. The Hall–Kier alpha value is -1.02. The highest BCUT2D eigenvalue weighted by atomic mass is 16.5. The molecule has 16 heavy (non-hydrogen) atoms. The number of nitrogens with one attached hydrogen (secondary N) is 1. The highest BCUT2D eigenvalue weighted by Gasteiger charge is 2.03. The zero-order valence-electron chi connectivity index (χ0n) is 10.6. The number of para-hydroxylation sites is 1. The molecule has 0 aliphatic carbocycles. The van der Waals surface area contributed by atoms with Gasteiger partial charge in [-0.05, 0) is 31.4 Å². The summed E-state index contributed by atoms with van der Waals surface area (Å²) in [6.45, 7) is 8.36. The fraction of sp³-hybridized carbons (Fsp3) is 0.571. The first-order chi connectivity index (χ1) is 7.68. The molecular formula is C14H23NO. The van der Waals surface area contributed by atoms with Crippen LogP contribution in [0.3, 0.4) is 0 Å². The molecule has 1 atom stereocenters. The van der Waals surface area contributed by atoms with E-state index in [4.69, 9.17) is 4.74 Å². The van der Waals surface area contributed by atoms with Gasteiger partial charge in [0.05, 0.1) is 0 Å². The maximum absolute atomic E-state index is 5.60. The second-order valence-electron chi connectivity index (χ2n) is 4.65. The molecule has 2 heteroatoms. The third-order valence-electron chi connectivity index (χ3n) is 2.43. The van der Waals surface area contributed by atoms with Crippen molar-refractivity contribution in [2.24, 2.45) is 5.92 Å². The van der Waals surface area contributed by atoms with Gasteiger partial charge in [0.2, 0.25) is 0 Å². The van der Waals surface area contributed by atoms with E-state index in [9.17, 15) is 0 Å². The summed E-state index contributed by atoms with van der Waals surface area (Å²) in [5, 5.41) is 3.46. The van der Waals surface area contributed by atoms with Crippen molar-refractivity contribution in [2.45, 2.75) is 33.2 Å². The molecule has 0 aliphatic rings. The van der Waals surface area contributed by atoms with Crippen molar-refractivity contribution in [3.8, 4) is 5.75 Å². The van der Waals surface area contributed by atoms with Crippen LogP contribution in [0.5, 0.6) is 5.75 Å². The maximum Gasteiger partial charge on any atom is 0.119 e. The van der Waals surface area contributed by atoms with E-state index in [2.05, 4.69) is 26.1 Å². The van der Waals surface area contributed by atoms with Gasteiger partial charge >= 0.3 is 0 Å². The predicted octanol–water partition coefficient (Wildman–Crippen LogP) is 3.09. The quantitative estimate of drug-likeness (QED) is 0.714. The summed E-state index contributed by atoms with van der Waals surface area (Å²) in [4.78, 5) is 0. The monoisotopic (exact) mass is 221 g/mol. The summed E-state index contributed by atoms with van der Waals surface area (Å²) in [5.41, 5.74) is 0. The second kappa shape index (κ2) is 7.29. The van der Waals surface area contributed by atoms with E-state index in [1.54, 1.807) is 0 Å². The third-order valence-corrected chi connectivity index (χ3v) is 2.43. The second-order valence-corrected chi connectivity index (χ2v) is 4.65. The van der Waals surface area contributed by atoms with E-state index in [0.29, 0.717) is 6.04 Å². The van der Waals surface area contributed by atoms with Gasteiger partial charge in [-0.25, -0.2) is 0 Å². The first-order valence-corrected chi connectivity index (χ1v) is 6.09. The molecule has 1 aromatic carbocycles. The summed E-state index contributed by atoms with van der Waals surface area (Å²) >= 11 is 0. The van der Waals surface area contributed by atoms with E-state index >= 15 is 0 Å².